The number of nitrogens with zero attached hydrogens (tertiary/aromatic N) is 1. The van der Waals surface area contributed by atoms with Crippen LogP contribution < -0.4 is 10.1 Å². The van der Waals surface area contributed by atoms with Gasteiger partial charge in [0.1, 0.15) is 11.8 Å². The highest BCUT2D eigenvalue weighted by atomic mass is 35.5. The summed E-state index contributed by atoms with van der Waals surface area (Å²) < 4.78 is 5.92. The van der Waals surface area contributed by atoms with Crippen LogP contribution in [-0.4, -0.2) is 35.9 Å². The maximum atomic E-state index is 13.7. The molecule has 0 unspecified atom stereocenters. The van der Waals surface area contributed by atoms with E-state index in [4.69, 9.17) is 27.9 Å². The molecule has 3 aromatic rings. The van der Waals surface area contributed by atoms with E-state index in [0.29, 0.717) is 34.3 Å². The van der Waals surface area contributed by atoms with Gasteiger partial charge in [0.25, 0.3) is 5.91 Å². The number of nitrogens with one attached hydrogen (secondary N) is 1. The van der Waals surface area contributed by atoms with E-state index in [0.717, 1.165) is 16.7 Å². The number of carbonyl (C=O) groups excluding carboxylic acids is 2. The van der Waals surface area contributed by atoms with Crippen molar-refractivity contribution in [2.45, 2.75) is 46.7 Å². The molecule has 0 bridgehead atoms. The lowest BCUT2D eigenvalue weighted by molar-refractivity contribution is -0.142. The van der Waals surface area contributed by atoms with Gasteiger partial charge in [0, 0.05) is 35.1 Å². The van der Waals surface area contributed by atoms with E-state index in [1.165, 1.54) is 4.90 Å². The number of ether oxygens (including phenoxy) is 1. The molecule has 0 aromatic heterocycles. The summed E-state index contributed by atoms with van der Waals surface area (Å²) in [4.78, 5) is 28.8. The van der Waals surface area contributed by atoms with Crippen LogP contribution in [0.3, 0.4) is 0 Å². The highest BCUT2D eigenvalue weighted by molar-refractivity contribution is 6.36. The van der Waals surface area contributed by atoms with Crippen molar-refractivity contribution in [3.8, 4) is 5.75 Å². The normalized spacial score (nSPS) is 11.8. The lowest BCUT2D eigenvalue weighted by Gasteiger charge is -2.32. The first kappa shape index (κ1) is 28.5. The Hall–Kier alpha value is -3.02. The number of aryl methyl sites for hydroxylation is 2. The molecule has 196 valence electrons. The first-order valence-electron chi connectivity index (χ1n) is 12.4. The van der Waals surface area contributed by atoms with E-state index in [1.54, 1.807) is 18.2 Å². The fourth-order valence-corrected chi connectivity index (χ4v) is 4.53. The standard InChI is InChI=1S/C30H34Cl2N2O3/c1-20(2)17-33-30(36)27(16-23-9-6-5-7-10-23)34(18-24-25(31)11-8-12-26(24)32)29(35)19-37-28-14-13-21(3)15-22(28)4/h5-15,20,27H,16-19H2,1-4H3,(H,33,36)/t27-/m1/s1. The molecule has 0 spiro atoms. The van der Waals surface area contributed by atoms with Gasteiger partial charge < -0.3 is 15.0 Å². The van der Waals surface area contributed by atoms with Crippen LogP contribution in [0.5, 0.6) is 5.75 Å². The predicted octanol–water partition coefficient (Wildman–Crippen LogP) is 6.40. The Balaban J connectivity index is 1.96. The Kier molecular flexibility index (Phi) is 10.4. The van der Waals surface area contributed by atoms with Crippen molar-refractivity contribution in [1.82, 2.24) is 10.2 Å². The quantitative estimate of drug-likeness (QED) is 0.306. The second kappa shape index (κ2) is 13.5. The molecule has 0 saturated carbocycles. The Morgan fingerprint density at radius 2 is 1.62 bits per heavy atom. The topological polar surface area (TPSA) is 58.6 Å². The predicted molar refractivity (Wildman–Crippen MR) is 150 cm³/mol. The van der Waals surface area contributed by atoms with Crippen molar-refractivity contribution in [1.29, 1.82) is 0 Å². The average Bonchev–Trinajstić information content (AvgIpc) is 2.86. The summed E-state index contributed by atoms with van der Waals surface area (Å²) in [6, 6.07) is 19.8. The molecule has 1 N–H and O–H groups in total. The van der Waals surface area contributed by atoms with Crippen LogP contribution in [0.25, 0.3) is 0 Å². The summed E-state index contributed by atoms with van der Waals surface area (Å²) in [5, 5.41) is 3.87. The lowest BCUT2D eigenvalue weighted by atomic mass is 10.0. The third-order valence-corrected chi connectivity index (χ3v) is 6.74. The van der Waals surface area contributed by atoms with Gasteiger partial charge in [-0.25, -0.2) is 0 Å². The molecule has 5 nitrogen and oxygen atoms in total. The first-order valence-corrected chi connectivity index (χ1v) is 13.1. The SMILES string of the molecule is Cc1ccc(OCC(=O)N(Cc2c(Cl)cccc2Cl)[C@H](Cc2ccccc2)C(=O)NCC(C)C)c(C)c1. The zero-order chi connectivity index (χ0) is 26.9. The fraction of sp³-hybridized carbons (Fsp3) is 0.333. The first-order chi connectivity index (χ1) is 17.7. The number of hydrogen-bond donors (Lipinski definition) is 1. The van der Waals surface area contributed by atoms with Gasteiger partial charge in [-0.05, 0) is 49.1 Å². The van der Waals surface area contributed by atoms with E-state index < -0.39 is 6.04 Å². The third kappa shape index (κ3) is 8.24. The van der Waals surface area contributed by atoms with E-state index in [9.17, 15) is 9.59 Å². The van der Waals surface area contributed by atoms with Gasteiger partial charge in [-0.1, -0.05) is 91.1 Å². The molecule has 0 saturated heterocycles. The van der Waals surface area contributed by atoms with Crippen LogP contribution in [0, 0.1) is 19.8 Å². The molecule has 1 atom stereocenters. The Morgan fingerprint density at radius 1 is 0.946 bits per heavy atom. The summed E-state index contributed by atoms with van der Waals surface area (Å²) >= 11 is 13.0. The number of rotatable bonds is 11. The summed E-state index contributed by atoms with van der Waals surface area (Å²) in [6.07, 6.45) is 0.335. The lowest BCUT2D eigenvalue weighted by Crippen LogP contribution is -2.52. The van der Waals surface area contributed by atoms with E-state index in [-0.39, 0.29) is 30.9 Å². The van der Waals surface area contributed by atoms with Crippen LogP contribution in [0.15, 0.2) is 66.7 Å². The average molecular weight is 542 g/mol. The zero-order valence-electron chi connectivity index (χ0n) is 21.8. The number of amides is 2. The Labute approximate surface area is 229 Å². The molecule has 0 aliphatic carbocycles. The molecule has 0 radical (unpaired) electrons. The summed E-state index contributed by atoms with van der Waals surface area (Å²) in [5.74, 6) is 0.312. The van der Waals surface area contributed by atoms with Gasteiger partial charge in [0.15, 0.2) is 6.61 Å². The molecular formula is C30H34Cl2N2O3. The summed E-state index contributed by atoms with van der Waals surface area (Å²) in [5.41, 5.74) is 3.56. The van der Waals surface area contributed by atoms with Crippen LogP contribution in [0.4, 0.5) is 0 Å². The van der Waals surface area contributed by atoms with Gasteiger partial charge >= 0.3 is 0 Å². The van der Waals surface area contributed by atoms with Crippen molar-refractivity contribution in [2.24, 2.45) is 5.92 Å². The van der Waals surface area contributed by atoms with Crippen LogP contribution in [-0.2, 0) is 22.6 Å². The summed E-state index contributed by atoms with van der Waals surface area (Å²) in [6.45, 7) is 8.33. The van der Waals surface area contributed by atoms with Gasteiger partial charge in [-0.3, -0.25) is 9.59 Å². The second-order valence-corrected chi connectivity index (χ2v) is 10.4. The molecule has 0 aliphatic rings. The van der Waals surface area contributed by atoms with E-state index >= 15 is 0 Å². The maximum Gasteiger partial charge on any atom is 0.261 e. The Bertz CT molecular complexity index is 1190. The van der Waals surface area contributed by atoms with Crippen molar-refractivity contribution >= 4 is 35.0 Å². The third-order valence-electron chi connectivity index (χ3n) is 6.03. The molecular weight excluding hydrogens is 507 g/mol. The van der Waals surface area contributed by atoms with Gasteiger partial charge in [0.2, 0.25) is 5.91 Å². The molecule has 7 heteroatoms. The van der Waals surface area contributed by atoms with Gasteiger partial charge in [-0.15, -0.1) is 0 Å². The highest BCUT2D eigenvalue weighted by Crippen LogP contribution is 2.27. The summed E-state index contributed by atoms with van der Waals surface area (Å²) in [7, 11) is 0. The molecule has 3 rings (SSSR count). The molecule has 37 heavy (non-hydrogen) atoms. The molecule has 0 heterocycles. The van der Waals surface area contributed by atoms with Crippen molar-refractivity contribution in [3.05, 3.63) is 99.0 Å². The molecule has 0 fully saturated rings. The van der Waals surface area contributed by atoms with Gasteiger partial charge in [0.05, 0.1) is 0 Å². The van der Waals surface area contributed by atoms with E-state index in [1.807, 2.05) is 76.2 Å². The van der Waals surface area contributed by atoms with E-state index in [2.05, 4.69) is 5.32 Å². The minimum Gasteiger partial charge on any atom is -0.483 e. The smallest absolute Gasteiger partial charge is 0.261 e. The minimum atomic E-state index is -0.788. The van der Waals surface area contributed by atoms with Crippen LogP contribution >= 0.6 is 23.2 Å². The van der Waals surface area contributed by atoms with Crippen molar-refractivity contribution in [2.75, 3.05) is 13.2 Å². The maximum absolute atomic E-state index is 13.7. The van der Waals surface area contributed by atoms with Crippen molar-refractivity contribution < 1.29 is 14.3 Å². The molecule has 3 aromatic carbocycles. The number of carbonyl (C=O) groups is 2. The number of hydrogen-bond acceptors (Lipinski definition) is 3. The van der Waals surface area contributed by atoms with Crippen LogP contribution in [0.1, 0.15) is 36.1 Å². The largest absolute Gasteiger partial charge is 0.483 e. The van der Waals surface area contributed by atoms with Crippen LogP contribution in [0.2, 0.25) is 10.0 Å². The number of halogens is 2. The molecule has 0 aliphatic heterocycles. The highest BCUT2D eigenvalue weighted by Gasteiger charge is 2.31. The monoisotopic (exact) mass is 540 g/mol. The molecule has 2 amide bonds. The minimum absolute atomic E-state index is 0.0696. The second-order valence-electron chi connectivity index (χ2n) is 9.62. The fourth-order valence-electron chi connectivity index (χ4n) is 4.01. The number of benzene rings is 3. The van der Waals surface area contributed by atoms with Crippen molar-refractivity contribution in [3.63, 3.8) is 0 Å². The zero-order valence-corrected chi connectivity index (χ0v) is 23.3. The van der Waals surface area contributed by atoms with Gasteiger partial charge in [-0.2, -0.15) is 0 Å². The Morgan fingerprint density at radius 3 is 2.24 bits per heavy atom.